The molecular formula is C23H24ClFN4O4. The quantitative estimate of drug-likeness (QED) is 0.372. The Morgan fingerprint density at radius 2 is 2.00 bits per heavy atom. The number of anilines is 1. The van der Waals surface area contributed by atoms with Crippen molar-refractivity contribution in [2.24, 2.45) is 0 Å². The molecule has 0 radical (unpaired) electrons. The Bertz CT molecular complexity index is 1110. The van der Waals surface area contributed by atoms with Gasteiger partial charge in [-0.2, -0.15) is 0 Å². The number of halogens is 2. The largest absolute Gasteiger partial charge is 0.494 e. The molecule has 1 saturated heterocycles. The SMILES string of the molecule is O=C(CCCOc1ccc2c(OCNc3ccc(Cl)cc3F)ncnc2c1)N1CCOCC1. The van der Waals surface area contributed by atoms with E-state index in [0.29, 0.717) is 73.3 Å². The van der Waals surface area contributed by atoms with Crippen LogP contribution in [0.5, 0.6) is 11.6 Å². The second-order valence-electron chi connectivity index (χ2n) is 7.39. The van der Waals surface area contributed by atoms with E-state index in [-0.39, 0.29) is 18.3 Å². The predicted octanol–water partition coefficient (Wildman–Crippen LogP) is 3.89. The Hall–Kier alpha value is -3.17. The molecule has 0 bridgehead atoms. The number of morpholine rings is 1. The van der Waals surface area contributed by atoms with Crippen LogP contribution >= 0.6 is 11.6 Å². The Balaban J connectivity index is 1.28. The molecule has 4 rings (SSSR count). The first-order chi connectivity index (χ1) is 16.1. The van der Waals surface area contributed by atoms with Crippen LogP contribution in [0.2, 0.25) is 5.02 Å². The number of carbonyl (C=O) groups excluding carboxylic acids is 1. The standard InChI is InChI=1S/C23H24ClFN4O4/c24-16-3-6-20(19(25)12-16)28-15-33-23-18-5-4-17(13-21(18)26-14-27-23)32-9-1-2-22(30)29-7-10-31-11-8-29/h3-6,12-14,28H,1-2,7-11,15H2. The maximum absolute atomic E-state index is 13.9. The minimum Gasteiger partial charge on any atom is -0.494 e. The van der Waals surface area contributed by atoms with E-state index in [4.69, 9.17) is 25.8 Å². The van der Waals surface area contributed by atoms with Crippen LogP contribution in [-0.2, 0) is 9.53 Å². The van der Waals surface area contributed by atoms with Gasteiger partial charge in [-0.15, -0.1) is 0 Å². The third-order valence-electron chi connectivity index (χ3n) is 5.14. The van der Waals surface area contributed by atoms with Crippen molar-refractivity contribution in [2.45, 2.75) is 12.8 Å². The van der Waals surface area contributed by atoms with E-state index in [1.807, 2.05) is 11.0 Å². The molecule has 0 spiro atoms. The van der Waals surface area contributed by atoms with Crippen molar-refractivity contribution in [1.29, 1.82) is 0 Å². The first-order valence-electron chi connectivity index (χ1n) is 10.6. The average Bonchev–Trinajstić information content (AvgIpc) is 2.83. The summed E-state index contributed by atoms with van der Waals surface area (Å²) < 4.78 is 30.6. The van der Waals surface area contributed by atoms with Crippen LogP contribution in [0.1, 0.15) is 12.8 Å². The van der Waals surface area contributed by atoms with Gasteiger partial charge in [0.2, 0.25) is 11.8 Å². The van der Waals surface area contributed by atoms with Gasteiger partial charge in [0.05, 0.1) is 36.4 Å². The van der Waals surface area contributed by atoms with Crippen LogP contribution in [-0.4, -0.2) is 60.4 Å². The van der Waals surface area contributed by atoms with Crippen molar-refractivity contribution < 1.29 is 23.4 Å². The van der Waals surface area contributed by atoms with E-state index >= 15 is 0 Å². The molecule has 2 heterocycles. The zero-order chi connectivity index (χ0) is 23.0. The number of aromatic nitrogens is 2. The van der Waals surface area contributed by atoms with E-state index < -0.39 is 5.82 Å². The van der Waals surface area contributed by atoms with Crippen LogP contribution in [0, 0.1) is 5.82 Å². The molecule has 3 aromatic rings. The molecule has 8 nitrogen and oxygen atoms in total. The van der Waals surface area contributed by atoms with E-state index in [1.54, 1.807) is 18.2 Å². The number of ether oxygens (including phenoxy) is 3. The maximum Gasteiger partial charge on any atom is 0.226 e. The third kappa shape index (κ3) is 6.21. The fraction of sp³-hybridized carbons (Fsp3) is 0.348. The average molecular weight is 475 g/mol. The highest BCUT2D eigenvalue weighted by molar-refractivity contribution is 6.30. The summed E-state index contributed by atoms with van der Waals surface area (Å²) in [5, 5.41) is 3.87. The highest BCUT2D eigenvalue weighted by Gasteiger charge is 2.16. The molecule has 1 amide bonds. The fourth-order valence-corrected chi connectivity index (χ4v) is 3.58. The Kier molecular flexibility index (Phi) is 7.74. The van der Waals surface area contributed by atoms with Crippen LogP contribution in [0.4, 0.5) is 10.1 Å². The topological polar surface area (TPSA) is 85.8 Å². The van der Waals surface area contributed by atoms with Crippen molar-refractivity contribution in [1.82, 2.24) is 14.9 Å². The summed E-state index contributed by atoms with van der Waals surface area (Å²) in [6.07, 6.45) is 2.46. The third-order valence-corrected chi connectivity index (χ3v) is 5.38. The number of hydrogen-bond donors (Lipinski definition) is 1. The lowest BCUT2D eigenvalue weighted by Crippen LogP contribution is -2.40. The predicted molar refractivity (Wildman–Crippen MR) is 122 cm³/mol. The lowest BCUT2D eigenvalue weighted by Gasteiger charge is -2.26. The summed E-state index contributed by atoms with van der Waals surface area (Å²) in [6.45, 7) is 2.94. The second-order valence-corrected chi connectivity index (χ2v) is 7.83. The maximum atomic E-state index is 13.9. The van der Waals surface area contributed by atoms with E-state index in [2.05, 4.69) is 15.3 Å². The fourth-order valence-electron chi connectivity index (χ4n) is 3.42. The summed E-state index contributed by atoms with van der Waals surface area (Å²) in [6, 6.07) is 9.75. The minimum absolute atomic E-state index is 0.0140. The lowest BCUT2D eigenvalue weighted by molar-refractivity contribution is -0.135. The first-order valence-corrected chi connectivity index (χ1v) is 11.0. The van der Waals surface area contributed by atoms with Crippen LogP contribution < -0.4 is 14.8 Å². The van der Waals surface area contributed by atoms with Crippen molar-refractivity contribution in [3.8, 4) is 11.6 Å². The van der Waals surface area contributed by atoms with Gasteiger partial charge in [0.25, 0.3) is 0 Å². The molecular weight excluding hydrogens is 451 g/mol. The molecule has 1 fully saturated rings. The van der Waals surface area contributed by atoms with Crippen LogP contribution in [0.3, 0.4) is 0 Å². The zero-order valence-corrected chi connectivity index (χ0v) is 18.7. The normalized spacial score (nSPS) is 13.7. The molecule has 174 valence electrons. The molecule has 1 aliphatic rings. The summed E-state index contributed by atoms with van der Waals surface area (Å²) in [7, 11) is 0. The van der Waals surface area contributed by atoms with Crippen LogP contribution in [0.15, 0.2) is 42.7 Å². The van der Waals surface area contributed by atoms with Crippen molar-refractivity contribution in [3.63, 3.8) is 0 Å². The molecule has 0 unspecified atom stereocenters. The van der Waals surface area contributed by atoms with E-state index in [9.17, 15) is 9.18 Å². The number of nitrogens with one attached hydrogen (secondary N) is 1. The first kappa shape index (κ1) is 23.0. The number of amides is 1. The second kappa shape index (κ2) is 11.1. The van der Waals surface area contributed by atoms with Gasteiger partial charge in [-0.25, -0.2) is 14.4 Å². The van der Waals surface area contributed by atoms with Crippen molar-refractivity contribution in [3.05, 3.63) is 53.6 Å². The van der Waals surface area contributed by atoms with Crippen LogP contribution in [0.25, 0.3) is 10.9 Å². The van der Waals surface area contributed by atoms with Gasteiger partial charge in [-0.05, 0) is 36.8 Å². The van der Waals surface area contributed by atoms with E-state index in [1.165, 1.54) is 18.5 Å². The number of carbonyl (C=O) groups is 1. The van der Waals surface area contributed by atoms with Crippen molar-refractivity contribution >= 4 is 34.1 Å². The highest BCUT2D eigenvalue weighted by Crippen LogP contribution is 2.26. The van der Waals surface area contributed by atoms with Gasteiger partial charge in [0, 0.05) is 30.6 Å². The Morgan fingerprint density at radius 3 is 2.82 bits per heavy atom. The molecule has 1 aliphatic heterocycles. The van der Waals surface area contributed by atoms with Gasteiger partial charge in [-0.1, -0.05) is 11.6 Å². The summed E-state index contributed by atoms with van der Waals surface area (Å²) in [5.41, 5.74) is 0.931. The van der Waals surface area contributed by atoms with Crippen molar-refractivity contribution in [2.75, 3.05) is 45.0 Å². The zero-order valence-electron chi connectivity index (χ0n) is 17.9. The Morgan fingerprint density at radius 1 is 1.15 bits per heavy atom. The molecule has 10 heteroatoms. The van der Waals surface area contributed by atoms with Gasteiger partial charge in [0.15, 0.2) is 6.73 Å². The summed E-state index contributed by atoms with van der Waals surface area (Å²) in [5.74, 6) is 0.672. The molecule has 33 heavy (non-hydrogen) atoms. The molecule has 0 saturated carbocycles. The number of hydrogen-bond acceptors (Lipinski definition) is 7. The Labute approximate surface area is 195 Å². The molecule has 0 atom stereocenters. The smallest absolute Gasteiger partial charge is 0.226 e. The summed E-state index contributed by atoms with van der Waals surface area (Å²) >= 11 is 5.76. The molecule has 2 aromatic carbocycles. The number of nitrogens with zero attached hydrogens (tertiary/aromatic N) is 3. The van der Waals surface area contributed by atoms with Gasteiger partial charge in [-0.3, -0.25) is 4.79 Å². The molecule has 1 aromatic heterocycles. The lowest BCUT2D eigenvalue weighted by atomic mass is 10.2. The minimum atomic E-state index is -0.466. The highest BCUT2D eigenvalue weighted by atomic mass is 35.5. The van der Waals surface area contributed by atoms with Gasteiger partial charge in [0.1, 0.15) is 17.9 Å². The number of benzene rings is 2. The number of fused-ring (bicyclic) bond motifs is 1. The van der Waals surface area contributed by atoms with E-state index in [0.717, 1.165) is 0 Å². The number of rotatable bonds is 9. The molecule has 1 N–H and O–H groups in total. The van der Waals surface area contributed by atoms with Gasteiger partial charge < -0.3 is 24.4 Å². The van der Waals surface area contributed by atoms with Gasteiger partial charge >= 0.3 is 0 Å². The summed E-state index contributed by atoms with van der Waals surface area (Å²) in [4.78, 5) is 22.4. The molecule has 0 aliphatic carbocycles. The monoisotopic (exact) mass is 474 g/mol.